The van der Waals surface area contributed by atoms with E-state index in [1.165, 1.54) is 5.56 Å². The molecule has 0 bridgehead atoms. The molecular weight excluding hydrogens is 304 g/mol. The van der Waals surface area contributed by atoms with Crippen molar-refractivity contribution in [2.24, 2.45) is 5.73 Å². The maximum absolute atomic E-state index is 11.7. The molecule has 1 unspecified atom stereocenters. The van der Waals surface area contributed by atoms with Gasteiger partial charge in [0.2, 0.25) is 5.91 Å². The molecule has 3 N–H and O–H groups in total. The van der Waals surface area contributed by atoms with Crippen LogP contribution in [0.25, 0.3) is 0 Å². The molecule has 1 amide bonds. The SMILES string of the molecule is CC(N)CCC(=O)NCC(C)(C)c1cccc(Br)c1. The Kier molecular flexibility index (Phi) is 6.01. The third-order valence-electron chi connectivity index (χ3n) is 3.16. The smallest absolute Gasteiger partial charge is 0.220 e. The molecule has 106 valence electrons. The molecule has 3 nitrogen and oxygen atoms in total. The summed E-state index contributed by atoms with van der Waals surface area (Å²) in [4.78, 5) is 11.7. The number of benzene rings is 1. The molecule has 4 heteroatoms. The van der Waals surface area contributed by atoms with E-state index < -0.39 is 0 Å². The van der Waals surface area contributed by atoms with Gasteiger partial charge < -0.3 is 11.1 Å². The van der Waals surface area contributed by atoms with Crippen LogP contribution in [0.3, 0.4) is 0 Å². The number of amides is 1. The van der Waals surface area contributed by atoms with Gasteiger partial charge in [-0.1, -0.05) is 41.9 Å². The van der Waals surface area contributed by atoms with E-state index in [-0.39, 0.29) is 17.4 Å². The van der Waals surface area contributed by atoms with Crippen molar-refractivity contribution in [1.29, 1.82) is 0 Å². The molecule has 0 saturated carbocycles. The molecule has 1 atom stereocenters. The van der Waals surface area contributed by atoms with Crippen molar-refractivity contribution in [3.63, 3.8) is 0 Å². The quantitative estimate of drug-likeness (QED) is 0.844. The predicted molar refractivity (Wildman–Crippen MR) is 83.1 cm³/mol. The molecule has 1 aromatic rings. The second-order valence-corrected chi connectivity index (χ2v) is 6.60. The van der Waals surface area contributed by atoms with E-state index in [4.69, 9.17) is 5.73 Å². The van der Waals surface area contributed by atoms with Crippen molar-refractivity contribution in [3.05, 3.63) is 34.3 Å². The van der Waals surface area contributed by atoms with Gasteiger partial charge in [-0.2, -0.15) is 0 Å². The Labute approximate surface area is 124 Å². The van der Waals surface area contributed by atoms with Gasteiger partial charge in [-0.25, -0.2) is 0 Å². The number of halogens is 1. The van der Waals surface area contributed by atoms with Crippen LogP contribution in [0.15, 0.2) is 28.7 Å². The van der Waals surface area contributed by atoms with Gasteiger partial charge in [0.25, 0.3) is 0 Å². The first-order valence-corrected chi connectivity index (χ1v) is 7.39. The fraction of sp³-hybridized carbons (Fsp3) is 0.533. The third kappa shape index (κ3) is 5.74. The highest BCUT2D eigenvalue weighted by Crippen LogP contribution is 2.25. The fourth-order valence-corrected chi connectivity index (χ4v) is 2.18. The van der Waals surface area contributed by atoms with Crippen molar-refractivity contribution >= 4 is 21.8 Å². The first-order valence-electron chi connectivity index (χ1n) is 6.59. The van der Waals surface area contributed by atoms with Crippen LogP contribution in [0, 0.1) is 0 Å². The van der Waals surface area contributed by atoms with Gasteiger partial charge in [-0.05, 0) is 31.0 Å². The summed E-state index contributed by atoms with van der Waals surface area (Å²) in [6, 6.07) is 8.26. The molecule has 0 saturated heterocycles. The molecule has 1 rings (SSSR count). The highest BCUT2D eigenvalue weighted by Gasteiger charge is 2.21. The second-order valence-electron chi connectivity index (χ2n) is 5.69. The van der Waals surface area contributed by atoms with E-state index in [1.54, 1.807) is 0 Å². The largest absolute Gasteiger partial charge is 0.355 e. The van der Waals surface area contributed by atoms with Crippen molar-refractivity contribution in [1.82, 2.24) is 5.32 Å². The van der Waals surface area contributed by atoms with E-state index in [0.29, 0.717) is 13.0 Å². The van der Waals surface area contributed by atoms with Gasteiger partial charge in [-0.3, -0.25) is 4.79 Å². The molecule has 19 heavy (non-hydrogen) atoms. The molecule has 0 heterocycles. The minimum Gasteiger partial charge on any atom is -0.355 e. The number of nitrogens with two attached hydrogens (primary N) is 1. The van der Waals surface area contributed by atoms with Crippen molar-refractivity contribution in [3.8, 4) is 0 Å². The minimum absolute atomic E-state index is 0.0698. The van der Waals surface area contributed by atoms with Gasteiger partial charge in [0.05, 0.1) is 0 Å². The lowest BCUT2D eigenvalue weighted by molar-refractivity contribution is -0.121. The average molecular weight is 327 g/mol. The number of carbonyl (C=O) groups is 1. The molecule has 1 aromatic carbocycles. The van der Waals surface area contributed by atoms with Crippen LogP contribution in [0.1, 0.15) is 39.2 Å². The zero-order chi connectivity index (χ0) is 14.5. The van der Waals surface area contributed by atoms with Crippen molar-refractivity contribution in [2.45, 2.75) is 45.1 Å². The van der Waals surface area contributed by atoms with Crippen LogP contribution < -0.4 is 11.1 Å². The molecule has 0 fully saturated rings. The summed E-state index contributed by atoms with van der Waals surface area (Å²) < 4.78 is 1.06. The lowest BCUT2D eigenvalue weighted by atomic mass is 9.84. The second kappa shape index (κ2) is 7.06. The molecular formula is C15H23BrN2O. The Morgan fingerprint density at radius 3 is 2.74 bits per heavy atom. The predicted octanol–water partition coefficient (Wildman–Crippen LogP) is 2.97. The van der Waals surface area contributed by atoms with E-state index in [9.17, 15) is 4.79 Å². The summed E-state index contributed by atoms with van der Waals surface area (Å²) in [5.41, 5.74) is 6.76. The maximum atomic E-state index is 11.7. The highest BCUT2D eigenvalue weighted by atomic mass is 79.9. The maximum Gasteiger partial charge on any atom is 0.220 e. The number of rotatable bonds is 6. The minimum atomic E-state index is -0.0895. The van der Waals surface area contributed by atoms with Crippen molar-refractivity contribution in [2.75, 3.05) is 6.54 Å². The fourth-order valence-electron chi connectivity index (χ4n) is 1.78. The van der Waals surface area contributed by atoms with Crippen LogP contribution in [-0.4, -0.2) is 18.5 Å². The molecule has 0 radical (unpaired) electrons. The number of hydrogen-bond acceptors (Lipinski definition) is 2. The average Bonchev–Trinajstić information content (AvgIpc) is 2.34. The lowest BCUT2D eigenvalue weighted by Crippen LogP contribution is -2.37. The summed E-state index contributed by atoms with van der Waals surface area (Å²) in [6.45, 7) is 6.79. The van der Waals surface area contributed by atoms with Crippen LogP contribution in [0.4, 0.5) is 0 Å². The normalized spacial score (nSPS) is 13.1. The van der Waals surface area contributed by atoms with Gasteiger partial charge >= 0.3 is 0 Å². The summed E-state index contributed by atoms with van der Waals surface area (Å²) in [6.07, 6.45) is 1.22. The van der Waals surface area contributed by atoms with Gasteiger partial charge in [0.15, 0.2) is 0 Å². The Morgan fingerprint density at radius 2 is 2.16 bits per heavy atom. The Bertz CT molecular complexity index is 430. The zero-order valence-corrected chi connectivity index (χ0v) is 13.5. The van der Waals surface area contributed by atoms with Crippen LogP contribution in [0.5, 0.6) is 0 Å². The van der Waals surface area contributed by atoms with Gasteiger partial charge in [0, 0.05) is 28.9 Å². The third-order valence-corrected chi connectivity index (χ3v) is 3.65. The summed E-state index contributed by atoms with van der Waals surface area (Å²) in [7, 11) is 0. The lowest BCUT2D eigenvalue weighted by Gasteiger charge is -2.26. The zero-order valence-electron chi connectivity index (χ0n) is 11.9. The molecule has 0 spiro atoms. The first kappa shape index (κ1) is 16.2. The van der Waals surface area contributed by atoms with Crippen LogP contribution in [0.2, 0.25) is 0 Å². The summed E-state index contributed by atoms with van der Waals surface area (Å²) >= 11 is 3.47. The first-order chi connectivity index (χ1) is 8.81. The van der Waals surface area contributed by atoms with Crippen molar-refractivity contribution < 1.29 is 4.79 Å². The van der Waals surface area contributed by atoms with Crippen LogP contribution >= 0.6 is 15.9 Å². The topological polar surface area (TPSA) is 55.1 Å². The van der Waals surface area contributed by atoms with Crippen LogP contribution in [-0.2, 0) is 10.2 Å². The molecule has 0 aromatic heterocycles. The van der Waals surface area contributed by atoms with Gasteiger partial charge in [-0.15, -0.1) is 0 Å². The summed E-state index contributed by atoms with van der Waals surface area (Å²) in [5, 5.41) is 2.99. The van der Waals surface area contributed by atoms with Gasteiger partial charge in [0.1, 0.15) is 0 Å². The standard InChI is InChI=1S/C15H23BrN2O/c1-11(17)7-8-14(19)18-10-15(2,3)12-5-4-6-13(16)9-12/h4-6,9,11H,7-8,10,17H2,1-3H3,(H,18,19). The Balaban J connectivity index is 2.53. The number of nitrogens with one attached hydrogen (secondary N) is 1. The Morgan fingerprint density at radius 1 is 1.47 bits per heavy atom. The number of carbonyl (C=O) groups excluding carboxylic acids is 1. The molecule has 0 aliphatic carbocycles. The van der Waals surface area contributed by atoms with E-state index >= 15 is 0 Å². The summed E-state index contributed by atoms with van der Waals surface area (Å²) in [5.74, 6) is 0.0698. The molecule has 0 aliphatic rings. The molecule has 0 aliphatic heterocycles. The van der Waals surface area contributed by atoms with E-state index in [0.717, 1.165) is 10.9 Å². The van der Waals surface area contributed by atoms with E-state index in [1.807, 2.05) is 19.1 Å². The Hall–Kier alpha value is -0.870. The van der Waals surface area contributed by atoms with E-state index in [2.05, 4.69) is 47.2 Å². The number of hydrogen-bond donors (Lipinski definition) is 2. The highest BCUT2D eigenvalue weighted by molar-refractivity contribution is 9.10. The monoisotopic (exact) mass is 326 g/mol.